The summed E-state index contributed by atoms with van der Waals surface area (Å²) < 4.78 is 0. The van der Waals surface area contributed by atoms with Gasteiger partial charge in [-0.25, -0.2) is 5.43 Å². The molecule has 0 aromatic carbocycles. The molecule has 0 amide bonds. The SMILES string of the molecule is c1cncc(C2CC3C(CN2)NNC3c2cccnc2)c1. The molecule has 4 unspecified atom stereocenters. The predicted molar refractivity (Wildman–Crippen MR) is 80.1 cm³/mol. The third-order valence-electron chi connectivity index (χ3n) is 4.59. The van der Waals surface area contributed by atoms with Crippen molar-refractivity contribution in [3.8, 4) is 0 Å². The maximum atomic E-state index is 4.25. The summed E-state index contributed by atoms with van der Waals surface area (Å²) in [5.74, 6) is 0.556. The van der Waals surface area contributed by atoms with E-state index in [1.165, 1.54) is 11.1 Å². The number of piperidine rings is 1. The highest BCUT2D eigenvalue weighted by Crippen LogP contribution is 2.37. The van der Waals surface area contributed by atoms with Gasteiger partial charge >= 0.3 is 0 Å². The second kappa shape index (κ2) is 5.52. The lowest BCUT2D eigenvalue weighted by Gasteiger charge is -2.34. The van der Waals surface area contributed by atoms with Gasteiger partial charge in [0.2, 0.25) is 0 Å². The number of pyridine rings is 2. The van der Waals surface area contributed by atoms with E-state index in [2.05, 4.69) is 38.3 Å². The first kappa shape index (κ1) is 12.9. The quantitative estimate of drug-likeness (QED) is 0.775. The molecule has 2 aliphatic rings. The first-order valence-electron chi connectivity index (χ1n) is 7.46. The van der Waals surface area contributed by atoms with Gasteiger partial charge in [-0.2, -0.15) is 0 Å². The van der Waals surface area contributed by atoms with Gasteiger partial charge in [0.1, 0.15) is 0 Å². The maximum absolute atomic E-state index is 4.25. The van der Waals surface area contributed by atoms with E-state index in [0.29, 0.717) is 24.0 Å². The molecule has 0 aliphatic carbocycles. The molecule has 0 saturated carbocycles. The standard InChI is InChI=1S/C16H19N5/c1-3-11(8-17-5-1)14-7-13-15(10-19-14)20-21-16(13)12-4-2-6-18-9-12/h1-6,8-9,13-16,19-21H,7,10H2. The van der Waals surface area contributed by atoms with E-state index in [0.717, 1.165) is 13.0 Å². The summed E-state index contributed by atoms with van der Waals surface area (Å²) in [4.78, 5) is 8.49. The van der Waals surface area contributed by atoms with Crippen molar-refractivity contribution in [2.24, 2.45) is 5.92 Å². The van der Waals surface area contributed by atoms with Crippen LogP contribution in [0.5, 0.6) is 0 Å². The van der Waals surface area contributed by atoms with E-state index in [1.807, 2.05) is 36.9 Å². The maximum Gasteiger partial charge on any atom is 0.0522 e. The number of hydrogen-bond donors (Lipinski definition) is 3. The molecule has 21 heavy (non-hydrogen) atoms. The second-order valence-electron chi connectivity index (χ2n) is 5.81. The fourth-order valence-corrected chi connectivity index (χ4v) is 3.50. The van der Waals surface area contributed by atoms with Gasteiger partial charge in [0.25, 0.3) is 0 Å². The average molecular weight is 281 g/mol. The number of hydrazine groups is 1. The van der Waals surface area contributed by atoms with Crippen LogP contribution in [0.1, 0.15) is 29.6 Å². The Kier molecular flexibility index (Phi) is 3.39. The zero-order valence-corrected chi connectivity index (χ0v) is 11.7. The fraction of sp³-hybridized carbons (Fsp3) is 0.375. The minimum Gasteiger partial charge on any atom is -0.308 e. The molecule has 3 N–H and O–H groups in total. The zero-order chi connectivity index (χ0) is 14.1. The van der Waals surface area contributed by atoms with Gasteiger partial charge in [-0.15, -0.1) is 0 Å². The largest absolute Gasteiger partial charge is 0.308 e. The van der Waals surface area contributed by atoms with Crippen LogP contribution in [0.2, 0.25) is 0 Å². The first-order valence-corrected chi connectivity index (χ1v) is 7.46. The van der Waals surface area contributed by atoms with Crippen molar-refractivity contribution in [3.05, 3.63) is 60.2 Å². The van der Waals surface area contributed by atoms with Crippen molar-refractivity contribution >= 4 is 0 Å². The van der Waals surface area contributed by atoms with Crippen LogP contribution in [0.3, 0.4) is 0 Å². The van der Waals surface area contributed by atoms with E-state index in [4.69, 9.17) is 0 Å². The Hall–Kier alpha value is -1.82. The summed E-state index contributed by atoms with van der Waals surface area (Å²) in [5.41, 5.74) is 9.39. The molecule has 4 atom stereocenters. The molecule has 2 aromatic rings. The Bertz CT molecular complexity index is 588. The van der Waals surface area contributed by atoms with Crippen LogP contribution in [-0.2, 0) is 0 Å². The van der Waals surface area contributed by atoms with Crippen molar-refractivity contribution in [1.29, 1.82) is 0 Å². The number of nitrogens with one attached hydrogen (secondary N) is 3. The molecule has 0 spiro atoms. The third kappa shape index (κ3) is 2.44. The van der Waals surface area contributed by atoms with E-state index < -0.39 is 0 Å². The number of rotatable bonds is 2. The minimum atomic E-state index is 0.324. The number of aromatic nitrogens is 2. The molecule has 5 nitrogen and oxygen atoms in total. The molecule has 4 rings (SSSR count). The summed E-state index contributed by atoms with van der Waals surface area (Å²) >= 11 is 0. The van der Waals surface area contributed by atoms with E-state index in [9.17, 15) is 0 Å². The number of hydrogen-bond acceptors (Lipinski definition) is 5. The van der Waals surface area contributed by atoms with Crippen LogP contribution >= 0.6 is 0 Å². The zero-order valence-electron chi connectivity index (χ0n) is 11.7. The summed E-state index contributed by atoms with van der Waals surface area (Å²) in [5, 5.41) is 3.62. The van der Waals surface area contributed by atoms with Gasteiger partial charge in [-0.3, -0.25) is 15.4 Å². The molecular weight excluding hydrogens is 262 g/mol. The van der Waals surface area contributed by atoms with Gasteiger partial charge in [-0.05, 0) is 35.6 Å². The van der Waals surface area contributed by atoms with Crippen LogP contribution in [0.25, 0.3) is 0 Å². The molecule has 2 saturated heterocycles. The molecule has 5 heteroatoms. The van der Waals surface area contributed by atoms with Crippen molar-refractivity contribution in [1.82, 2.24) is 26.1 Å². The molecule has 108 valence electrons. The van der Waals surface area contributed by atoms with Crippen LogP contribution in [0.4, 0.5) is 0 Å². The second-order valence-corrected chi connectivity index (χ2v) is 5.81. The predicted octanol–water partition coefficient (Wildman–Crippen LogP) is 1.34. The van der Waals surface area contributed by atoms with Gasteiger partial charge in [0.05, 0.1) is 6.04 Å². The highest BCUT2D eigenvalue weighted by atomic mass is 15.4. The Balaban J connectivity index is 1.56. The van der Waals surface area contributed by atoms with Crippen molar-refractivity contribution in [2.45, 2.75) is 24.5 Å². The summed E-state index contributed by atoms with van der Waals surface area (Å²) in [6, 6.07) is 9.47. The van der Waals surface area contributed by atoms with Gasteiger partial charge in [-0.1, -0.05) is 12.1 Å². The Labute approximate surface area is 124 Å². The number of nitrogens with zero attached hydrogens (tertiary/aromatic N) is 2. The Morgan fingerprint density at radius 3 is 2.43 bits per heavy atom. The Morgan fingerprint density at radius 2 is 1.71 bits per heavy atom. The minimum absolute atomic E-state index is 0.324. The summed E-state index contributed by atoms with van der Waals surface area (Å²) in [6.07, 6.45) is 8.67. The summed E-state index contributed by atoms with van der Waals surface area (Å²) in [6.45, 7) is 0.966. The average Bonchev–Trinajstić information content (AvgIpc) is 2.99. The monoisotopic (exact) mass is 281 g/mol. The van der Waals surface area contributed by atoms with Crippen LogP contribution in [0.15, 0.2) is 49.1 Å². The normalized spacial score (nSPS) is 31.8. The van der Waals surface area contributed by atoms with E-state index in [-0.39, 0.29) is 0 Å². The van der Waals surface area contributed by atoms with Crippen molar-refractivity contribution < 1.29 is 0 Å². The van der Waals surface area contributed by atoms with Gasteiger partial charge < -0.3 is 5.32 Å². The molecule has 2 fully saturated rings. The lowest BCUT2D eigenvalue weighted by molar-refractivity contribution is 0.266. The molecule has 0 bridgehead atoms. The topological polar surface area (TPSA) is 61.9 Å². The third-order valence-corrected chi connectivity index (χ3v) is 4.59. The lowest BCUT2D eigenvalue weighted by Crippen LogP contribution is -2.46. The smallest absolute Gasteiger partial charge is 0.0522 e. The van der Waals surface area contributed by atoms with Crippen LogP contribution in [-0.4, -0.2) is 22.6 Å². The molecule has 2 aromatic heterocycles. The Morgan fingerprint density at radius 1 is 0.952 bits per heavy atom. The molecule has 4 heterocycles. The van der Waals surface area contributed by atoms with Crippen LogP contribution in [0, 0.1) is 5.92 Å². The van der Waals surface area contributed by atoms with E-state index in [1.54, 1.807) is 0 Å². The lowest BCUT2D eigenvalue weighted by atomic mass is 9.81. The first-order chi connectivity index (χ1) is 10.4. The summed E-state index contributed by atoms with van der Waals surface area (Å²) in [7, 11) is 0. The van der Waals surface area contributed by atoms with Crippen molar-refractivity contribution in [2.75, 3.05) is 6.54 Å². The van der Waals surface area contributed by atoms with E-state index >= 15 is 0 Å². The van der Waals surface area contributed by atoms with Gasteiger partial charge in [0, 0.05) is 43.4 Å². The van der Waals surface area contributed by atoms with Crippen molar-refractivity contribution in [3.63, 3.8) is 0 Å². The highest BCUT2D eigenvalue weighted by Gasteiger charge is 2.41. The van der Waals surface area contributed by atoms with Gasteiger partial charge in [0.15, 0.2) is 0 Å². The molecule has 2 aliphatic heterocycles. The molecular formula is C16H19N5. The fourth-order valence-electron chi connectivity index (χ4n) is 3.50. The van der Waals surface area contributed by atoms with Crippen LogP contribution < -0.4 is 16.2 Å². The highest BCUT2D eigenvalue weighted by molar-refractivity contribution is 5.21. The molecule has 0 radical (unpaired) electrons. The number of fused-ring (bicyclic) bond motifs is 1.